The second-order valence-corrected chi connectivity index (χ2v) is 8.93. The molecular weight excluding hydrogens is 440 g/mol. The van der Waals surface area contributed by atoms with Crippen molar-refractivity contribution in [3.8, 4) is 0 Å². The van der Waals surface area contributed by atoms with E-state index in [1.54, 1.807) is 6.92 Å². The van der Waals surface area contributed by atoms with Crippen LogP contribution >= 0.6 is 11.8 Å². The molecule has 0 aromatic rings. The normalized spacial score (nSPS) is 19.5. The number of aliphatic carboxylic acids is 2. The van der Waals surface area contributed by atoms with E-state index in [9.17, 15) is 29.1 Å². The van der Waals surface area contributed by atoms with Gasteiger partial charge in [0.2, 0.25) is 17.7 Å². The molecule has 0 spiro atoms. The predicted octanol–water partition coefficient (Wildman–Crippen LogP) is -0.367. The molecule has 0 aliphatic carbocycles. The molecule has 32 heavy (non-hydrogen) atoms. The molecule has 12 heteroatoms. The van der Waals surface area contributed by atoms with Crippen LogP contribution in [0, 0.1) is 5.92 Å². The van der Waals surface area contributed by atoms with Crippen molar-refractivity contribution in [2.75, 3.05) is 18.6 Å². The maximum Gasteiger partial charge on any atom is 0.326 e. The lowest BCUT2D eigenvalue weighted by atomic mass is 9.98. The summed E-state index contributed by atoms with van der Waals surface area (Å²) in [5, 5.41) is 23.3. The molecule has 0 aromatic heterocycles. The molecule has 0 bridgehead atoms. The van der Waals surface area contributed by atoms with Gasteiger partial charge in [0.15, 0.2) is 0 Å². The van der Waals surface area contributed by atoms with Crippen molar-refractivity contribution in [1.29, 1.82) is 0 Å². The van der Waals surface area contributed by atoms with Crippen LogP contribution in [0.2, 0.25) is 0 Å². The lowest BCUT2D eigenvalue weighted by Crippen LogP contribution is -2.57. The number of carbonyl (C=O) groups excluding carboxylic acids is 3. The van der Waals surface area contributed by atoms with Crippen molar-refractivity contribution in [3.05, 3.63) is 0 Å². The smallest absolute Gasteiger partial charge is 0.326 e. The summed E-state index contributed by atoms with van der Waals surface area (Å²) in [4.78, 5) is 62.1. The van der Waals surface area contributed by atoms with E-state index < -0.39 is 60.2 Å². The van der Waals surface area contributed by atoms with Crippen molar-refractivity contribution < 1.29 is 34.2 Å². The van der Waals surface area contributed by atoms with Crippen LogP contribution in [-0.4, -0.2) is 87.5 Å². The van der Waals surface area contributed by atoms with Gasteiger partial charge in [-0.1, -0.05) is 20.3 Å². The molecule has 1 aliphatic heterocycles. The summed E-state index contributed by atoms with van der Waals surface area (Å²) in [6, 6.07) is -4.17. The van der Waals surface area contributed by atoms with Crippen molar-refractivity contribution >= 4 is 41.4 Å². The first kappa shape index (κ1) is 27.7. The molecule has 11 nitrogen and oxygen atoms in total. The number of likely N-dealkylation sites (tertiary alicyclic amines) is 1. The fourth-order valence-corrected chi connectivity index (χ4v) is 3.96. The Morgan fingerprint density at radius 2 is 1.84 bits per heavy atom. The quantitative estimate of drug-likeness (QED) is 0.238. The standard InChI is InChI=1S/C20H34N4O7S/c1-4-11(2)16(20(30)31)23-18(28)14-6-5-8-24(14)19(29)13(7-9-32-3)22-17(27)12(21)10-15(25)26/h11-14,16H,4-10,21H2,1-3H3,(H,22,27)(H,23,28)(H,25,26)(H,30,31)/t11-,12-,13-,14-,16-/m0/s1. The van der Waals surface area contributed by atoms with Gasteiger partial charge in [-0.05, 0) is 37.2 Å². The first-order valence-corrected chi connectivity index (χ1v) is 12.0. The van der Waals surface area contributed by atoms with Gasteiger partial charge in [0.05, 0.1) is 12.5 Å². The fraction of sp³-hybridized carbons (Fsp3) is 0.750. The highest BCUT2D eigenvalue weighted by Crippen LogP contribution is 2.21. The Hall–Kier alpha value is -2.34. The number of nitrogens with zero attached hydrogens (tertiary/aromatic N) is 1. The summed E-state index contributed by atoms with van der Waals surface area (Å²) in [5.74, 6) is -3.87. The Morgan fingerprint density at radius 1 is 1.19 bits per heavy atom. The zero-order valence-corrected chi connectivity index (χ0v) is 19.5. The van der Waals surface area contributed by atoms with Gasteiger partial charge in [-0.15, -0.1) is 0 Å². The zero-order chi connectivity index (χ0) is 24.4. The highest BCUT2D eigenvalue weighted by Gasteiger charge is 2.39. The molecule has 1 aliphatic rings. The van der Waals surface area contributed by atoms with Crippen molar-refractivity contribution in [3.63, 3.8) is 0 Å². The van der Waals surface area contributed by atoms with Gasteiger partial charge in [0, 0.05) is 6.54 Å². The van der Waals surface area contributed by atoms with Crippen LogP contribution < -0.4 is 16.4 Å². The molecule has 1 rings (SSSR count). The average molecular weight is 475 g/mol. The Morgan fingerprint density at radius 3 is 2.38 bits per heavy atom. The van der Waals surface area contributed by atoms with E-state index in [0.717, 1.165) is 0 Å². The first-order chi connectivity index (χ1) is 15.0. The summed E-state index contributed by atoms with van der Waals surface area (Å²) in [6.45, 7) is 3.85. The summed E-state index contributed by atoms with van der Waals surface area (Å²) in [5.41, 5.74) is 5.61. The van der Waals surface area contributed by atoms with E-state index in [2.05, 4.69) is 10.6 Å². The van der Waals surface area contributed by atoms with Crippen LogP contribution in [0.25, 0.3) is 0 Å². The molecule has 0 radical (unpaired) electrons. The molecule has 1 heterocycles. The summed E-state index contributed by atoms with van der Waals surface area (Å²) >= 11 is 1.47. The zero-order valence-electron chi connectivity index (χ0n) is 18.7. The van der Waals surface area contributed by atoms with Crippen molar-refractivity contribution in [2.24, 2.45) is 11.7 Å². The molecule has 6 N–H and O–H groups in total. The number of thioether (sulfide) groups is 1. The molecule has 0 unspecified atom stereocenters. The number of rotatable bonds is 13. The first-order valence-electron chi connectivity index (χ1n) is 10.6. The minimum absolute atomic E-state index is 0.279. The third-order valence-corrected chi connectivity index (χ3v) is 6.22. The third kappa shape index (κ3) is 7.97. The average Bonchev–Trinajstić information content (AvgIpc) is 3.22. The molecule has 1 saturated heterocycles. The number of nitrogens with one attached hydrogen (secondary N) is 2. The number of carboxylic acid groups (broad SMARTS) is 2. The number of hydrogen-bond donors (Lipinski definition) is 5. The van der Waals surface area contributed by atoms with Gasteiger partial charge in [-0.3, -0.25) is 19.2 Å². The number of carbonyl (C=O) groups is 5. The number of amides is 3. The van der Waals surface area contributed by atoms with Crippen LogP contribution in [0.5, 0.6) is 0 Å². The monoisotopic (exact) mass is 474 g/mol. The highest BCUT2D eigenvalue weighted by atomic mass is 32.2. The third-order valence-electron chi connectivity index (χ3n) is 5.57. The summed E-state index contributed by atoms with van der Waals surface area (Å²) in [6.07, 6.45) is 3.05. The van der Waals surface area contributed by atoms with Crippen molar-refractivity contribution in [2.45, 2.75) is 70.1 Å². The summed E-state index contributed by atoms with van der Waals surface area (Å²) < 4.78 is 0. The molecule has 1 fully saturated rings. The topological polar surface area (TPSA) is 179 Å². The van der Waals surface area contributed by atoms with Gasteiger partial charge in [0.25, 0.3) is 0 Å². The van der Waals surface area contributed by atoms with E-state index in [1.165, 1.54) is 16.7 Å². The summed E-state index contributed by atoms with van der Waals surface area (Å²) in [7, 11) is 0. The van der Waals surface area contributed by atoms with Crippen LogP contribution in [0.15, 0.2) is 0 Å². The Bertz CT molecular complexity index is 705. The van der Waals surface area contributed by atoms with Crippen LogP contribution in [0.4, 0.5) is 0 Å². The maximum atomic E-state index is 13.2. The van der Waals surface area contributed by atoms with E-state index in [1.807, 2.05) is 13.2 Å². The molecule has 182 valence electrons. The Labute approximate surface area is 191 Å². The van der Waals surface area contributed by atoms with Crippen LogP contribution in [-0.2, 0) is 24.0 Å². The van der Waals surface area contributed by atoms with Gasteiger partial charge in [0.1, 0.15) is 18.1 Å². The SMILES string of the molecule is CC[C@H](C)[C@H](NC(=O)[C@@H]1CCCN1C(=O)[C@H](CCSC)NC(=O)[C@@H](N)CC(=O)O)C(=O)O. The fourth-order valence-electron chi connectivity index (χ4n) is 3.49. The Balaban J connectivity index is 2.95. The highest BCUT2D eigenvalue weighted by molar-refractivity contribution is 7.98. The van der Waals surface area contributed by atoms with Gasteiger partial charge in [-0.2, -0.15) is 11.8 Å². The lowest BCUT2D eigenvalue weighted by Gasteiger charge is -2.30. The van der Waals surface area contributed by atoms with E-state index in [-0.39, 0.29) is 12.3 Å². The van der Waals surface area contributed by atoms with Gasteiger partial charge < -0.3 is 31.5 Å². The van der Waals surface area contributed by atoms with Gasteiger partial charge >= 0.3 is 11.9 Å². The second-order valence-electron chi connectivity index (χ2n) is 7.95. The molecule has 0 saturated carbocycles. The number of hydrogen-bond acceptors (Lipinski definition) is 7. The van der Waals surface area contributed by atoms with E-state index >= 15 is 0 Å². The molecule has 5 atom stereocenters. The van der Waals surface area contributed by atoms with Crippen LogP contribution in [0.3, 0.4) is 0 Å². The largest absolute Gasteiger partial charge is 0.481 e. The second kappa shape index (κ2) is 13.3. The maximum absolute atomic E-state index is 13.2. The predicted molar refractivity (Wildman–Crippen MR) is 119 cm³/mol. The molecule has 0 aromatic carbocycles. The molecule has 3 amide bonds. The van der Waals surface area contributed by atoms with E-state index in [0.29, 0.717) is 31.6 Å². The van der Waals surface area contributed by atoms with E-state index in [4.69, 9.17) is 10.8 Å². The molecular formula is C20H34N4O7S. The minimum atomic E-state index is -1.30. The van der Waals surface area contributed by atoms with Crippen LogP contribution in [0.1, 0.15) is 46.0 Å². The lowest BCUT2D eigenvalue weighted by molar-refractivity contribution is -0.146. The number of nitrogens with two attached hydrogens (primary N) is 1. The Kier molecular flexibility index (Phi) is 11.5. The van der Waals surface area contributed by atoms with Crippen molar-refractivity contribution in [1.82, 2.24) is 15.5 Å². The minimum Gasteiger partial charge on any atom is -0.481 e. The van der Waals surface area contributed by atoms with Gasteiger partial charge in [-0.25, -0.2) is 4.79 Å². The number of carboxylic acids is 2.